The minimum atomic E-state index is -4.83. The van der Waals surface area contributed by atoms with Gasteiger partial charge in [-0.2, -0.15) is 5.26 Å². The number of hydrogen-bond acceptors (Lipinski definition) is 5. The molecular weight excluding hydrogens is 399 g/mol. The number of nitrogens with zero attached hydrogens (tertiary/aromatic N) is 2. The van der Waals surface area contributed by atoms with Gasteiger partial charge in [0.1, 0.15) is 5.75 Å². The highest BCUT2D eigenvalue weighted by molar-refractivity contribution is 6.00. The van der Waals surface area contributed by atoms with Crippen LogP contribution in [0.2, 0.25) is 0 Å². The van der Waals surface area contributed by atoms with Crippen molar-refractivity contribution in [3.05, 3.63) is 70.5 Å². The van der Waals surface area contributed by atoms with Gasteiger partial charge >= 0.3 is 6.36 Å². The Balaban J connectivity index is 2.27. The number of benzene rings is 2. The summed E-state index contributed by atoms with van der Waals surface area (Å²) in [6.45, 7) is 5.34. The molecule has 152 valence electrons. The zero-order valence-electron chi connectivity index (χ0n) is 15.6. The van der Waals surface area contributed by atoms with Gasteiger partial charge < -0.3 is 14.6 Å². The van der Waals surface area contributed by atoms with Crippen LogP contribution in [0.1, 0.15) is 18.1 Å². The first-order chi connectivity index (χ1) is 14.2. The fraction of sp³-hybridized carbons (Fsp3) is 0.0952. The predicted molar refractivity (Wildman–Crippen MR) is 106 cm³/mol. The second kappa shape index (κ2) is 8.13. The number of H-pyrrole nitrogens is 1. The van der Waals surface area contributed by atoms with E-state index in [-0.39, 0.29) is 11.3 Å². The number of pyridine rings is 1. The molecule has 1 heterocycles. The molecule has 0 amide bonds. The molecule has 0 saturated carbocycles. The number of ether oxygens (including phenoxy) is 1. The van der Waals surface area contributed by atoms with Gasteiger partial charge in [0.2, 0.25) is 0 Å². The van der Waals surface area contributed by atoms with E-state index in [1.54, 1.807) is 19.1 Å². The number of rotatable bonds is 5. The molecule has 9 heteroatoms. The average Bonchev–Trinajstić information content (AvgIpc) is 2.70. The molecule has 0 aliphatic heterocycles. The molecule has 6 nitrogen and oxygen atoms in total. The number of aromatic nitrogens is 1. The lowest BCUT2D eigenvalue weighted by Gasteiger charge is -2.14. The summed E-state index contributed by atoms with van der Waals surface area (Å²) >= 11 is 0. The summed E-state index contributed by atoms with van der Waals surface area (Å²) in [5.41, 5.74) is 0.996. The monoisotopic (exact) mass is 413 g/mol. The Morgan fingerprint density at radius 3 is 2.53 bits per heavy atom. The smallest absolute Gasteiger partial charge is 0.406 e. The Bertz CT molecular complexity index is 1240. The van der Waals surface area contributed by atoms with Gasteiger partial charge in [0.15, 0.2) is 5.76 Å². The molecule has 0 atom stereocenters. The standard InChI is InChI=1S/C21H14F3N3O3/c1-3-26-30-12(2)18-19(14-5-7-15(8-6-14)29-21(22,23)24)16-10-13(11-25)4-9-17(16)27-20(18)28/h3-10H,2H2,1H3,(H,27,28)/b26-3+. The lowest BCUT2D eigenvalue weighted by molar-refractivity contribution is -0.274. The minimum absolute atomic E-state index is 0.0349. The Hall–Kier alpha value is -4.06. The van der Waals surface area contributed by atoms with Crippen molar-refractivity contribution in [1.82, 2.24) is 4.98 Å². The summed E-state index contributed by atoms with van der Waals surface area (Å²) < 4.78 is 41.3. The van der Waals surface area contributed by atoms with E-state index in [9.17, 15) is 23.2 Å². The second-order valence-electron chi connectivity index (χ2n) is 6.03. The molecule has 1 N–H and O–H groups in total. The second-order valence-corrected chi connectivity index (χ2v) is 6.03. The van der Waals surface area contributed by atoms with Crippen LogP contribution >= 0.6 is 0 Å². The summed E-state index contributed by atoms with van der Waals surface area (Å²) in [7, 11) is 0. The van der Waals surface area contributed by atoms with Crippen LogP contribution in [0.25, 0.3) is 27.8 Å². The van der Waals surface area contributed by atoms with Gasteiger partial charge in [0.05, 0.1) is 17.2 Å². The van der Waals surface area contributed by atoms with Crippen LogP contribution < -0.4 is 10.3 Å². The first-order valence-electron chi connectivity index (χ1n) is 8.54. The van der Waals surface area contributed by atoms with Gasteiger partial charge in [-0.15, -0.1) is 13.2 Å². The number of nitriles is 1. The first-order valence-corrected chi connectivity index (χ1v) is 8.54. The van der Waals surface area contributed by atoms with Crippen LogP contribution in [-0.2, 0) is 4.84 Å². The van der Waals surface area contributed by atoms with Gasteiger partial charge in [-0.05, 0) is 42.8 Å². The third-order valence-corrected chi connectivity index (χ3v) is 4.07. The highest BCUT2D eigenvalue weighted by Crippen LogP contribution is 2.35. The Morgan fingerprint density at radius 2 is 1.93 bits per heavy atom. The normalized spacial score (nSPS) is 11.4. The molecule has 3 aromatic rings. The molecule has 3 rings (SSSR count). The zero-order valence-corrected chi connectivity index (χ0v) is 15.6. The largest absolute Gasteiger partial charge is 0.573 e. The van der Waals surface area contributed by atoms with Crippen LogP contribution in [-0.4, -0.2) is 17.6 Å². The van der Waals surface area contributed by atoms with Crippen molar-refractivity contribution in [2.45, 2.75) is 13.3 Å². The average molecular weight is 413 g/mol. The van der Waals surface area contributed by atoms with Gasteiger partial charge in [-0.25, -0.2) is 0 Å². The predicted octanol–water partition coefficient (Wildman–Crippen LogP) is 4.96. The number of halogens is 3. The summed E-state index contributed by atoms with van der Waals surface area (Å²) in [4.78, 5) is 20.6. The van der Waals surface area contributed by atoms with Crippen molar-refractivity contribution in [2.24, 2.45) is 5.16 Å². The van der Waals surface area contributed by atoms with Crippen LogP contribution in [0.5, 0.6) is 5.75 Å². The number of hydrogen-bond donors (Lipinski definition) is 1. The molecule has 0 spiro atoms. The maximum atomic E-state index is 12.8. The van der Waals surface area contributed by atoms with Crippen molar-refractivity contribution >= 4 is 22.9 Å². The maximum absolute atomic E-state index is 12.8. The van der Waals surface area contributed by atoms with Crippen LogP contribution in [0.15, 0.2) is 59.0 Å². The van der Waals surface area contributed by atoms with Gasteiger partial charge in [0.25, 0.3) is 5.56 Å². The van der Waals surface area contributed by atoms with Crippen molar-refractivity contribution in [3.8, 4) is 22.9 Å². The lowest BCUT2D eigenvalue weighted by atomic mass is 9.94. The molecule has 0 bridgehead atoms. The Labute approximate surface area is 168 Å². The van der Waals surface area contributed by atoms with E-state index < -0.39 is 17.7 Å². The third-order valence-electron chi connectivity index (χ3n) is 4.07. The first kappa shape index (κ1) is 20.7. The molecular formula is C21H14F3N3O3. The lowest BCUT2D eigenvalue weighted by Crippen LogP contribution is -2.17. The molecule has 0 aliphatic rings. The number of nitrogens with one attached hydrogen (secondary N) is 1. The molecule has 0 unspecified atom stereocenters. The van der Waals surface area contributed by atoms with E-state index in [0.29, 0.717) is 27.6 Å². The molecule has 0 saturated heterocycles. The van der Waals surface area contributed by atoms with Gasteiger partial charge in [0, 0.05) is 22.7 Å². The summed E-state index contributed by atoms with van der Waals surface area (Å²) in [6, 6.07) is 11.7. The van der Waals surface area contributed by atoms with Crippen LogP contribution in [0, 0.1) is 11.3 Å². The summed E-state index contributed by atoms with van der Waals surface area (Å²) in [5, 5.41) is 13.3. The Kier molecular flexibility index (Phi) is 5.60. The highest BCUT2D eigenvalue weighted by atomic mass is 19.4. The number of oxime groups is 1. The molecule has 0 fully saturated rings. The Morgan fingerprint density at radius 1 is 1.23 bits per heavy atom. The molecule has 0 aliphatic carbocycles. The van der Waals surface area contributed by atoms with E-state index in [1.807, 2.05) is 6.07 Å². The van der Waals surface area contributed by atoms with Crippen molar-refractivity contribution in [2.75, 3.05) is 0 Å². The molecule has 0 radical (unpaired) electrons. The summed E-state index contributed by atoms with van der Waals surface area (Å²) in [6.07, 6.45) is -3.47. The van der Waals surface area contributed by atoms with Crippen molar-refractivity contribution < 1.29 is 22.7 Å². The maximum Gasteiger partial charge on any atom is 0.573 e. The van der Waals surface area contributed by atoms with E-state index in [2.05, 4.69) is 21.5 Å². The number of fused-ring (bicyclic) bond motifs is 1. The van der Waals surface area contributed by atoms with Crippen LogP contribution in [0.4, 0.5) is 13.2 Å². The molecule has 2 aromatic carbocycles. The number of alkyl halides is 3. The molecule has 30 heavy (non-hydrogen) atoms. The third kappa shape index (κ3) is 4.33. The highest BCUT2D eigenvalue weighted by Gasteiger charge is 2.31. The quantitative estimate of drug-likeness (QED) is 0.364. The topological polar surface area (TPSA) is 87.5 Å². The number of aromatic amines is 1. The van der Waals surface area contributed by atoms with E-state index in [1.165, 1.54) is 24.4 Å². The molecule has 1 aromatic heterocycles. The van der Waals surface area contributed by atoms with Gasteiger partial charge in [-0.1, -0.05) is 23.9 Å². The fourth-order valence-electron chi connectivity index (χ4n) is 2.91. The van der Waals surface area contributed by atoms with E-state index >= 15 is 0 Å². The fourth-order valence-corrected chi connectivity index (χ4v) is 2.91. The van der Waals surface area contributed by atoms with Gasteiger partial charge in [-0.3, -0.25) is 4.79 Å². The van der Waals surface area contributed by atoms with Crippen LogP contribution in [0.3, 0.4) is 0 Å². The zero-order chi connectivity index (χ0) is 21.9. The summed E-state index contributed by atoms with van der Waals surface area (Å²) in [5.74, 6) is -0.477. The minimum Gasteiger partial charge on any atom is -0.406 e. The van der Waals surface area contributed by atoms with E-state index in [4.69, 9.17) is 4.84 Å². The van der Waals surface area contributed by atoms with Crippen molar-refractivity contribution in [1.29, 1.82) is 5.26 Å². The van der Waals surface area contributed by atoms with E-state index in [0.717, 1.165) is 12.1 Å². The van der Waals surface area contributed by atoms with Crippen molar-refractivity contribution in [3.63, 3.8) is 0 Å². The SMILES string of the molecule is C=C(O/N=C/C)c1c(-c2ccc(OC(F)(F)F)cc2)c2cc(C#N)ccc2[nH]c1=O.